The quantitative estimate of drug-likeness (QED) is 0.380. The third-order valence-corrected chi connectivity index (χ3v) is 2.31. The average molecular weight is 261 g/mol. The lowest BCUT2D eigenvalue weighted by Crippen LogP contribution is -2.09. The Balaban J connectivity index is 2.23. The molecule has 0 saturated heterocycles. The third kappa shape index (κ3) is 2.76. The molecule has 0 aliphatic rings. The van der Waals surface area contributed by atoms with Crippen molar-refractivity contribution in [2.24, 2.45) is 0 Å². The van der Waals surface area contributed by atoms with Gasteiger partial charge in [-0.25, -0.2) is 14.3 Å². The number of aromatic nitrogens is 3. The Kier molecular flexibility index (Phi) is 3.56. The second kappa shape index (κ2) is 5.30. The van der Waals surface area contributed by atoms with Gasteiger partial charge in [-0.05, 0) is 19.1 Å². The molecule has 2 aromatic rings. The number of nitrogens with zero attached hydrogens (tertiary/aromatic N) is 3. The summed E-state index contributed by atoms with van der Waals surface area (Å²) in [6.07, 6.45) is 3.63. The predicted octanol–water partition coefficient (Wildman–Crippen LogP) is 0.917. The number of ether oxygens (including phenoxy) is 1. The molecule has 1 N–H and O–H groups in total. The van der Waals surface area contributed by atoms with Crippen molar-refractivity contribution in [3.63, 3.8) is 0 Å². The van der Waals surface area contributed by atoms with Crippen molar-refractivity contribution in [1.82, 2.24) is 14.6 Å². The third-order valence-electron chi connectivity index (χ3n) is 2.31. The van der Waals surface area contributed by atoms with Crippen molar-refractivity contribution in [1.29, 1.82) is 0 Å². The van der Waals surface area contributed by atoms with Gasteiger partial charge in [0.15, 0.2) is 11.4 Å². The van der Waals surface area contributed by atoms with E-state index in [1.807, 2.05) is 0 Å². The Morgan fingerprint density at radius 1 is 1.47 bits per heavy atom. The zero-order valence-corrected chi connectivity index (χ0v) is 10.1. The molecule has 0 spiro atoms. The highest BCUT2D eigenvalue weighted by Crippen LogP contribution is 2.06. The summed E-state index contributed by atoms with van der Waals surface area (Å²) >= 11 is 0. The van der Waals surface area contributed by atoms with Crippen molar-refractivity contribution in [3.05, 3.63) is 42.1 Å². The summed E-state index contributed by atoms with van der Waals surface area (Å²) in [4.78, 5) is 26.9. The first-order chi connectivity index (χ1) is 9.11. The van der Waals surface area contributed by atoms with Crippen molar-refractivity contribution in [2.75, 3.05) is 6.61 Å². The second-order valence-electron chi connectivity index (χ2n) is 3.59. The first-order valence-electron chi connectivity index (χ1n) is 5.53. The number of fused-ring (bicyclic) bond motifs is 1. The lowest BCUT2D eigenvalue weighted by atomic mass is 10.2. The summed E-state index contributed by atoms with van der Waals surface area (Å²) < 4.78 is 5.98. The molecular formula is C12H11N3O4. The minimum Gasteiger partial charge on any atom is -0.502 e. The van der Waals surface area contributed by atoms with Crippen LogP contribution in [0.15, 0.2) is 36.5 Å². The Morgan fingerprint density at radius 2 is 2.26 bits per heavy atom. The lowest BCUT2D eigenvalue weighted by Gasteiger charge is -2.00. The van der Waals surface area contributed by atoms with Gasteiger partial charge in [0.1, 0.15) is 6.33 Å². The van der Waals surface area contributed by atoms with E-state index < -0.39 is 17.5 Å². The molecule has 0 aromatic carbocycles. The van der Waals surface area contributed by atoms with Crippen LogP contribution in [0.5, 0.6) is 0 Å². The molecule has 0 fully saturated rings. The Hall–Kier alpha value is -2.70. The van der Waals surface area contributed by atoms with Crippen molar-refractivity contribution >= 4 is 17.4 Å². The summed E-state index contributed by atoms with van der Waals surface area (Å²) in [5.74, 6) is -2.19. The summed E-state index contributed by atoms with van der Waals surface area (Å²) in [7, 11) is 0. The largest absolute Gasteiger partial charge is 0.502 e. The van der Waals surface area contributed by atoms with Gasteiger partial charge >= 0.3 is 5.97 Å². The molecule has 0 radical (unpaired) electrons. The van der Waals surface area contributed by atoms with Gasteiger partial charge in [0.2, 0.25) is 5.76 Å². The lowest BCUT2D eigenvalue weighted by molar-refractivity contribution is -0.141. The van der Waals surface area contributed by atoms with E-state index in [1.165, 1.54) is 23.1 Å². The van der Waals surface area contributed by atoms with Crippen molar-refractivity contribution in [3.8, 4) is 0 Å². The molecule has 0 atom stereocenters. The fourth-order valence-electron chi connectivity index (χ4n) is 1.43. The maximum Gasteiger partial charge on any atom is 0.373 e. The van der Waals surface area contributed by atoms with Crippen LogP contribution < -0.4 is 0 Å². The molecule has 0 amide bonds. The number of aliphatic hydroxyl groups is 1. The van der Waals surface area contributed by atoms with Crippen LogP contribution in [0, 0.1) is 0 Å². The molecule has 2 heterocycles. The first-order valence-corrected chi connectivity index (χ1v) is 5.53. The number of rotatable bonds is 4. The average Bonchev–Trinajstić information content (AvgIpc) is 2.85. The SMILES string of the molecule is CCOC(=O)/C(O)=C/C(=O)c1ccc2ncnn2c1. The van der Waals surface area contributed by atoms with Crippen LogP contribution in [0.3, 0.4) is 0 Å². The van der Waals surface area contributed by atoms with Crippen LogP contribution in [-0.4, -0.2) is 38.1 Å². The molecular weight excluding hydrogens is 250 g/mol. The van der Waals surface area contributed by atoms with E-state index >= 15 is 0 Å². The molecule has 2 rings (SSSR count). The molecule has 0 aliphatic carbocycles. The van der Waals surface area contributed by atoms with Gasteiger partial charge in [0, 0.05) is 17.8 Å². The Morgan fingerprint density at radius 3 is 3.00 bits per heavy atom. The summed E-state index contributed by atoms with van der Waals surface area (Å²) in [5.41, 5.74) is 0.865. The smallest absolute Gasteiger partial charge is 0.373 e. The van der Waals surface area contributed by atoms with E-state index in [0.29, 0.717) is 5.65 Å². The number of ketones is 1. The van der Waals surface area contributed by atoms with Crippen LogP contribution in [0.2, 0.25) is 0 Å². The normalized spacial score (nSPS) is 11.5. The van der Waals surface area contributed by atoms with Crippen LogP contribution in [0.4, 0.5) is 0 Å². The highest BCUT2D eigenvalue weighted by atomic mass is 16.5. The minimum atomic E-state index is -0.933. The number of carbonyl (C=O) groups is 2. The molecule has 0 bridgehead atoms. The van der Waals surface area contributed by atoms with Crippen LogP contribution in [0.25, 0.3) is 5.65 Å². The number of pyridine rings is 1. The van der Waals surface area contributed by atoms with Gasteiger partial charge in [0.05, 0.1) is 6.61 Å². The van der Waals surface area contributed by atoms with E-state index in [1.54, 1.807) is 13.0 Å². The topological polar surface area (TPSA) is 93.8 Å². The van der Waals surface area contributed by atoms with Gasteiger partial charge in [-0.3, -0.25) is 4.79 Å². The summed E-state index contributed by atoms with van der Waals surface area (Å²) in [5, 5.41) is 13.3. The number of allylic oxidation sites excluding steroid dienone is 1. The predicted molar refractivity (Wildman–Crippen MR) is 64.7 cm³/mol. The second-order valence-corrected chi connectivity index (χ2v) is 3.59. The molecule has 19 heavy (non-hydrogen) atoms. The summed E-state index contributed by atoms with van der Waals surface area (Å²) in [6, 6.07) is 3.14. The minimum absolute atomic E-state index is 0.121. The first kappa shape index (κ1) is 12.7. The molecule has 7 heteroatoms. The van der Waals surface area contributed by atoms with Gasteiger partial charge in [-0.15, -0.1) is 0 Å². The number of carbonyl (C=O) groups excluding carboxylic acids is 2. The molecule has 0 unspecified atom stereocenters. The highest BCUT2D eigenvalue weighted by molar-refractivity contribution is 6.07. The van der Waals surface area contributed by atoms with E-state index in [2.05, 4.69) is 14.8 Å². The van der Waals surface area contributed by atoms with E-state index in [4.69, 9.17) is 0 Å². The molecule has 0 saturated carbocycles. The molecule has 2 aromatic heterocycles. The van der Waals surface area contributed by atoms with E-state index in [-0.39, 0.29) is 12.2 Å². The molecule has 0 aliphatic heterocycles. The Labute approximate surface area is 108 Å². The van der Waals surface area contributed by atoms with Gasteiger partial charge < -0.3 is 9.84 Å². The zero-order valence-electron chi connectivity index (χ0n) is 10.1. The van der Waals surface area contributed by atoms with Crippen molar-refractivity contribution < 1.29 is 19.4 Å². The van der Waals surface area contributed by atoms with Crippen LogP contribution in [0.1, 0.15) is 17.3 Å². The Bertz CT molecular complexity index is 660. The van der Waals surface area contributed by atoms with Gasteiger partial charge in [-0.2, -0.15) is 5.10 Å². The zero-order chi connectivity index (χ0) is 13.8. The molecule has 98 valence electrons. The fraction of sp³-hybridized carbons (Fsp3) is 0.167. The van der Waals surface area contributed by atoms with Crippen LogP contribution >= 0.6 is 0 Å². The monoisotopic (exact) mass is 261 g/mol. The maximum atomic E-state index is 11.8. The fourth-order valence-corrected chi connectivity index (χ4v) is 1.43. The number of hydrogen-bond donors (Lipinski definition) is 1. The van der Waals surface area contributed by atoms with Crippen LogP contribution in [-0.2, 0) is 9.53 Å². The van der Waals surface area contributed by atoms with Gasteiger partial charge in [-0.1, -0.05) is 0 Å². The van der Waals surface area contributed by atoms with Crippen molar-refractivity contribution in [2.45, 2.75) is 6.92 Å². The summed E-state index contributed by atoms with van der Waals surface area (Å²) in [6.45, 7) is 1.72. The number of esters is 1. The number of hydrogen-bond acceptors (Lipinski definition) is 6. The molecule has 7 nitrogen and oxygen atoms in total. The standard InChI is InChI=1S/C12H11N3O4/c1-2-19-12(18)10(17)5-9(16)8-3-4-11-13-7-14-15(11)6-8/h3-7,17H,2H2,1H3/b10-5-. The van der Waals surface area contributed by atoms with E-state index in [9.17, 15) is 14.7 Å². The van der Waals surface area contributed by atoms with E-state index in [0.717, 1.165) is 6.08 Å². The maximum absolute atomic E-state index is 11.8. The highest BCUT2D eigenvalue weighted by Gasteiger charge is 2.12. The van der Waals surface area contributed by atoms with Gasteiger partial charge in [0.25, 0.3) is 0 Å². The number of aliphatic hydroxyl groups excluding tert-OH is 1.